The summed E-state index contributed by atoms with van der Waals surface area (Å²) in [5.41, 5.74) is 1.28. The summed E-state index contributed by atoms with van der Waals surface area (Å²) < 4.78 is 0. The first kappa shape index (κ1) is 7.06. The molecule has 1 N–H and O–H groups in total. The third-order valence-electron chi connectivity index (χ3n) is 1.58. The fraction of sp³-hybridized carbons (Fsp3) is 0.375. The standard InChI is InChI=1S/C8H11NO/c1-7-2-4-8(5-3-7)6-9-10/h2-4,6,8,10H,5H2,1H3/b9-6+. The van der Waals surface area contributed by atoms with Crippen molar-refractivity contribution in [1.29, 1.82) is 0 Å². The van der Waals surface area contributed by atoms with Gasteiger partial charge < -0.3 is 5.21 Å². The zero-order valence-electron chi connectivity index (χ0n) is 5.99. The van der Waals surface area contributed by atoms with Gasteiger partial charge >= 0.3 is 0 Å². The molecule has 0 fully saturated rings. The van der Waals surface area contributed by atoms with E-state index in [1.807, 2.05) is 12.2 Å². The molecule has 1 aliphatic carbocycles. The molecule has 0 saturated heterocycles. The van der Waals surface area contributed by atoms with Gasteiger partial charge in [0.2, 0.25) is 0 Å². The van der Waals surface area contributed by atoms with E-state index < -0.39 is 0 Å². The first-order valence-electron chi connectivity index (χ1n) is 3.35. The molecule has 10 heavy (non-hydrogen) atoms. The molecule has 1 rings (SSSR count). The van der Waals surface area contributed by atoms with E-state index in [0.717, 1.165) is 6.42 Å². The molecule has 0 radical (unpaired) electrons. The van der Waals surface area contributed by atoms with Gasteiger partial charge in [-0.05, 0) is 13.3 Å². The quantitative estimate of drug-likeness (QED) is 0.334. The van der Waals surface area contributed by atoms with E-state index >= 15 is 0 Å². The normalized spacial score (nSPS) is 25.3. The molecule has 0 aromatic heterocycles. The molecular formula is C8H11NO. The average molecular weight is 137 g/mol. The molecule has 0 heterocycles. The van der Waals surface area contributed by atoms with Crippen molar-refractivity contribution >= 4 is 6.21 Å². The maximum absolute atomic E-state index is 8.20. The second-order valence-corrected chi connectivity index (χ2v) is 2.47. The number of hydrogen-bond donors (Lipinski definition) is 1. The van der Waals surface area contributed by atoms with Crippen LogP contribution >= 0.6 is 0 Å². The number of rotatable bonds is 1. The molecule has 2 nitrogen and oxygen atoms in total. The molecule has 0 amide bonds. The third-order valence-corrected chi connectivity index (χ3v) is 1.58. The monoisotopic (exact) mass is 137 g/mol. The van der Waals surface area contributed by atoms with E-state index in [4.69, 9.17) is 5.21 Å². The van der Waals surface area contributed by atoms with Gasteiger partial charge in [-0.25, -0.2) is 0 Å². The predicted octanol–water partition coefficient (Wildman–Crippen LogP) is 1.97. The van der Waals surface area contributed by atoms with Gasteiger partial charge in [0.05, 0.1) is 6.21 Å². The van der Waals surface area contributed by atoms with Crippen LogP contribution in [0, 0.1) is 5.92 Å². The van der Waals surface area contributed by atoms with Crippen molar-refractivity contribution in [2.45, 2.75) is 13.3 Å². The Labute approximate surface area is 60.6 Å². The maximum Gasteiger partial charge on any atom is 0.0507 e. The average Bonchev–Trinajstić information content (AvgIpc) is 1.95. The number of hydrogen-bond acceptors (Lipinski definition) is 2. The van der Waals surface area contributed by atoms with Crippen LogP contribution in [-0.4, -0.2) is 11.4 Å². The lowest BCUT2D eigenvalue weighted by Crippen LogP contribution is -1.99. The molecule has 2 heteroatoms. The summed E-state index contributed by atoms with van der Waals surface area (Å²) in [6.07, 6.45) is 8.70. The second kappa shape index (κ2) is 3.20. The second-order valence-electron chi connectivity index (χ2n) is 2.47. The zero-order chi connectivity index (χ0) is 7.40. The van der Waals surface area contributed by atoms with E-state index in [2.05, 4.69) is 18.2 Å². The van der Waals surface area contributed by atoms with Crippen molar-refractivity contribution in [3.05, 3.63) is 23.8 Å². The number of nitrogens with zero attached hydrogens (tertiary/aromatic N) is 1. The summed E-state index contributed by atoms with van der Waals surface area (Å²) in [5.74, 6) is 0.286. The van der Waals surface area contributed by atoms with Crippen LogP contribution in [0.15, 0.2) is 29.0 Å². The molecule has 1 unspecified atom stereocenters. The lowest BCUT2D eigenvalue weighted by Gasteiger charge is -2.07. The van der Waals surface area contributed by atoms with E-state index in [1.54, 1.807) is 6.21 Å². The van der Waals surface area contributed by atoms with Gasteiger partial charge in [0.25, 0.3) is 0 Å². The van der Waals surface area contributed by atoms with Gasteiger partial charge in [0.1, 0.15) is 0 Å². The highest BCUT2D eigenvalue weighted by molar-refractivity contribution is 5.63. The Hall–Kier alpha value is -1.05. The largest absolute Gasteiger partial charge is 0.411 e. The first-order chi connectivity index (χ1) is 4.83. The summed E-state index contributed by atoms with van der Waals surface area (Å²) in [7, 11) is 0. The van der Waals surface area contributed by atoms with Crippen molar-refractivity contribution in [3.8, 4) is 0 Å². The van der Waals surface area contributed by atoms with Crippen LogP contribution in [0.1, 0.15) is 13.3 Å². The molecule has 0 bridgehead atoms. The Morgan fingerprint density at radius 1 is 1.80 bits per heavy atom. The number of allylic oxidation sites excluding steroid dienone is 4. The molecule has 1 atom stereocenters. The summed E-state index contributed by atoms with van der Waals surface area (Å²) in [6.45, 7) is 2.06. The predicted molar refractivity (Wildman–Crippen MR) is 41.3 cm³/mol. The fourth-order valence-electron chi connectivity index (χ4n) is 0.940. The van der Waals surface area contributed by atoms with Crippen LogP contribution < -0.4 is 0 Å². The molecule has 54 valence electrons. The van der Waals surface area contributed by atoms with Gasteiger partial charge in [-0.1, -0.05) is 23.8 Å². The summed E-state index contributed by atoms with van der Waals surface area (Å²) >= 11 is 0. The van der Waals surface area contributed by atoms with Crippen molar-refractivity contribution in [3.63, 3.8) is 0 Å². The molecule has 1 aliphatic rings. The Morgan fingerprint density at radius 2 is 2.60 bits per heavy atom. The van der Waals surface area contributed by atoms with E-state index in [0.29, 0.717) is 0 Å². The van der Waals surface area contributed by atoms with Crippen LogP contribution in [0.3, 0.4) is 0 Å². The van der Waals surface area contributed by atoms with Gasteiger partial charge in [0, 0.05) is 5.92 Å². The van der Waals surface area contributed by atoms with Crippen molar-refractivity contribution in [2.24, 2.45) is 11.1 Å². The highest BCUT2D eigenvalue weighted by Crippen LogP contribution is 2.13. The van der Waals surface area contributed by atoms with Crippen LogP contribution in [0.4, 0.5) is 0 Å². The lowest BCUT2D eigenvalue weighted by molar-refractivity contribution is 0.319. The molecule has 0 aromatic carbocycles. The Balaban J connectivity index is 2.52. The van der Waals surface area contributed by atoms with Crippen LogP contribution in [-0.2, 0) is 0 Å². The third kappa shape index (κ3) is 1.72. The van der Waals surface area contributed by atoms with Crippen LogP contribution in [0.5, 0.6) is 0 Å². The Kier molecular flexibility index (Phi) is 2.26. The molecule has 0 aromatic rings. The topological polar surface area (TPSA) is 32.6 Å². The highest BCUT2D eigenvalue weighted by atomic mass is 16.4. The minimum Gasteiger partial charge on any atom is -0.411 e. The molecule has 0 spiro atoms. The van der Waals surface area contributed by atoms with Crippen molar-refractivity contribution in [1.82, 2.24) is 0 Å². The van der Waals surface area contributed by atoms with E-state index in [1.165, 1.54) is 5.57 Å². The van der Waals surface area contributed by atoms with Crippen LogP contribution in [0.25, 0.3) is 0 Å². The SMILES string of the molecule is CC1=CCC(/C=N/O)C=C1. The van der Waals surface area contributed by atoms with Gasteiger partial charge in [0.15, 0.2) is 0 Å². The van der Waals surface area contributed by atoms with Gasteiger partial charge in [-0.2, -0.15) is 0 Å². The summed E-state index contributed by atoms with van der Waals surface area (Å²) in [6, 6.07) is 0. The molecular weight excluding hydrogens is 126 g/mol. The summed E-state index contributed by atoms with van der Waals surface area (Å²) in [5, 5.41) is 11.2. The fourth-order valence-corrected chi connectivity index (χ4v) is 0.940. The smallest absolute Gasteiger partial charge is 0.0507 e. The van der Waals surface area contributed by atoms with Crippen molar-refractivity contribution < 1.29 is 5.21 Å². The Bertz CT molecular complexity index is 191. The maximum atomic E-state index is 8.20. The van der Waals surface area contributed by atoms with Gasteiger partial charge in [-0.15, -0.1) is 5.16 Å². The Morgan fingerprint density at radius 3 is 3.10 bits per heavy atom. The highest BCUT2D eigenvalue weighted by Gasteiger charge is 2.02. The van der Waals surface area contributed by atoms with E-state index in [9.17, 15) is 0 Å². The summed E-state index contributed by atoms with van der Waals surface area (Å²) in [4.78, 5) is 0. The zero-order valence-corrected chi connectivity index (χ0v) is 5.99. The minimum absolute atomic E-state index is 0.286. The minimum atomic E-state index is 0.286. The van der Waals surface area contributed by atoms with Gasteiger partial charge in [-0.3, -0.25) is 0 Å². The van der Waals surface area contributed by atoms with Crippen molar-refractivity contribution in [2.75, 3.05) is 0 Å². The molecule has 0 saturated carbocycles. The van der Waals surface area contributed by atoms with Crippen LogP contribution in [0.2, 0.25) is 0 Å². The number of oxime groups is 1. The molecule has 0 aliphatic heterocycles. The first-order valence-corrected chi connectivity index (χ1v) is 3.35. The lowest BCUT2D eigenvalue weighted by atomic mass is 9.99. The van der Waals surface area contributed by atoms with E-state index in [-0.39, 0.29) is 5.92 Å².